The maximum Gasteiger partial charge on any atom is 0.229 e. The van der Waals surface area contributed by atoms with Crippen molar-refractivity contribution in [3.8, 4) is 0 Å². The lowest BCUT2D eigenvalue weighted by Gasteiger charge is -2.13. The molecule has 0 aromatic carbocycles. The van der Waals surface area contributed by atoms with Crippen molar-refractivity contribution in [2.45, 2.75) is 33.1 Å². The van der Waals surface area contributed by atoms with Gasteiger partial charge in [0.15, 0.2) is 5.78 Å². The maximum absolute atomic E-state index is 11.5. The zero-order valence-electron chi connectivity index (χ0n) is 12.2. The van der Waals surface area contributed by atoms with Gasteiger partial charge in [0.1, 0.15) is 6.61 Å². The lowest BCUT2D eigenvalue weighted by Crippen LogP contribution is -2.32. The van der Waals surface area contributed by atoms with E-state index >= 15 is 0 Å². The second-order valence-electron chi connectivity index (χ2n) is 4.88. The number of hydrogen-bond acceptors (Lipinski definition) is 5. The zero-order chi connectivity index (χ0) is 15.0. The van der Waals surface area contributed by atoms with Crippen molar-refractivity contribution in [3.63, 3.8) is 0 Å². The number of carbonyl (C=O) groups excluding carboxylic acids is 3. The van der Waals surface area contributed by atoms with Crippen molar-refractivity contribution in [2.75, 3.05) is 33.0 Å². The van der Waals surface area contributed by atoms with Crippen LogP contribution in [0.25, 0.3) is 0 Å². The number of imide groups is 1. The fourth-order valence-electron chi connectivity index (χ4n) is 1.79. The lowest BCUT2D eigenvalue weighted by molar-refractivity contribution is -0.139. The Balaban J connectivity index is 1.99. The summed E-state index contributed by atoms with van der Waals surface area (Å²) < 4.78 is 10.5. The Hall–Kier alpha value is -1.27. The van der Waals surface area contributed by atoms with E-state index in [1.54, 1.807) is 0 Å². The minimum atomic E-state index is -0.131. The van der Waals surface area contributed by atoms with E-state index in [2.05, 4.69) is 0 Å². The van der Waals surface area contributed by atoms with Crippen LogP contribution < -0.4 is 0 Å². The van der Waals surface area contributed by atoms with Gasteiger partial charge in [-0.2, -0.15) is 0 Å². The van der Waals surface area contributed by atoms with Crippen LogP contribution in [0.2, 0.25) is 0 Å². The summed E-state index contributed by atoms with van der Waals surface area (Å²) in [5.41, 5.74) is 0. The van der Waals surface area contributed by atoms with Gasteiger partial charge in [-0.05, 0) is 6.42 Å². The second-order valence-corrected chi connectivity index (χ2v) is 4.88. The number of hydrogen-bond donors (Lipinski definition) is 0. The second kappa shape index (κ2) is 8.81. The van der Waals surface area contributed by atoms with Crippen LogP contribution in [0.3, 0.4) is 0 Å². The van der Waals surface area contributed by atoms with E-state index in [9.17, 15) is 14.4 Å². The lowest BCUT2D eigenvalue weighted by atomic mass is 10.1. The molecule has 1 unspecified atom stereocenters. The summed E-state index contributed by atoms with van der Waals surface area (Å²) in [6.07, 6.45) is 1.43. The number of ether oxygens (including phenoxy) is 2. The van der Waals surface area contributed by atoms with Crippen LogP contribution in [-0.4, -0.2) is 55.5 Å². The van der Waals surface area contributed by atoms with Gasteiger partial charge in [0.25, 0.3) is 0 Å². The summed E-state index contributed by atoms with van der Waals surface area (Å²) in [5, 5.41) is 0. The zero-order valence-corrected chi connectivity index (χ0v) is 12.2. The molecular weight excluding hydrogens is 262 g/mol. The molecule has 0 aromatic rings. The number of carbonyl (C=O) groups is 3. The smallest absolute Gasteiger partial charge is 0.229 e. The quantitative estimate of drug-likeness (QED) is 0.438. The largest absolute Gasteiger partial charge is 0.377 e. The predicted molar refractivity (Wildman–Crippen MR) is 72.1 cm³/mol. The van der Waals surface area contributed by atoms with Gasteiger partial charge in [0, 0.05) is 18.8 Å². The first kappa shape index (κ1) is 16.8. The molecule has 1 heterocycles. The Morgan fingerprint density at radius 1 is 1.15 bits per heavy atom. The molecule has 20 heavy (non-hydrogen) atoms. The van der Waals surface area contributed by atoms with Gasteiger partial charge in [0.2, 0.25) is 11.8 Å². The monoisotopic (exact) mass is 285 g/mol. The number of ketones is 1. The highest BCUT2D eigenvalue weighted by atomic mass is 16.5. The van der Waals surface area contributed by atoms with E-state index in [1.807, 2.05) is 13.8 Å². The van der Waals surface area contributed by atoms with Gasteiger partial charge in [-0.25, -0.2) is 0 Å². The topological polar surface area (TPSA) is 72.9 Å². The van der Waals surface area contributed by atoms with Gasteiger partial charge in [-0.1, -0.05) is 13.8 Å². The highest BCUT2D eigenvalue weighted by molar-refractivity contribution is 6.01. The molecule has 0 N–H and O–H groups in total. The summed E-state index contributed by atoms with van der Waals surface area (Å²) in [4.78, 5) is 35.3. The molecule has 0 spiro atoms. The van der Waals surface area contributed by atoms with E-state index in [0.717, 1.165) is 6.42 Å². The van der Waals surface area contributed by atoms with Crippen LogP contribution in [0.5, 0.6) is 0 Å². The van der Waals surface area contributed by atoms with Gasteiger partial charge in [-0.15, -0.1) is 0 Å². The van der Waals surface area contributed by atoms with Gasteiger partial charge in [0.05, 0.1) is 26.4 Å². The molecular formula is C14H23NO5. The van der Waals surface area contributed by atoms with Crippen molar-refractivity contribution in [3.05, 3.63) is 0 Å². The molecule has 6 nitrogen and oxygen atoms in total. The minimum absolute atomic E-state index is 0.0307. The molecule has 1 atom stereocenters. The first-order valence-electron chi connectivity index (χ1n) is 7.07. The number of rotatable bonds is 10. The Bertz CT molecular complexity index is 339. The van der Waals surface area contributed by atoms with E-state index in [0.29, 0.717) is 39.2 Å². The summed E-state index contributed by atoms with van der Waals surface area (Å²) in [7, 11) is 0. The number of likely N-dealkylation sites (tertiary alicyclic amines) is 1. The Kier molecular flexibility index (Phi) is 7.40. The van der Waals surface area contributed by atoms with E-state index in [1.165, 1.54) is 4.90 Å². The molecule has 1 saturated heterocycles. The van der Waals surface area contributed by atoms with Crippen molar-refractivity contribution >= 4 is 17.6 Å². The van der Waals surface area contributed by atoms with Gasteiger partial charge in [-0.3, -0.25) is 19.3 Å². The molecule has 0 bridgehead atoms. The Morgan fingerprint density at radius 2 is 1.75 bits per heavy atom. The summed E-state index contributed by atoms with van der Waals surface area (Å²) >= 11 is 0. The molecule has 1 rings (SSSR count). The predicted octanol–water partition coefficient (Wildman–Crippen LogP) is 0.784. The minimum Gasteiger partial charge on any atom is -0.377 e. The van der Waals surface area contributed by atoms with E-state index < -0.39 is 0 Å². The molecule has 0 aromatic heterocycles. The normalized spacial score (nSPS) is 16.8. The SMILES string of the molecule is CCC(C)C(=O)COCCOCCN1C(=O)CCC1=O. The molecule has 6 heteroatoms. The van der Waals surface area contributed by atoms with Gasteiger partial charge < -0.3 is 9.47 Å². The summed E-state index contributed by atoms with van der Waals surface area (Å²) in [5.74, 6) is -0.133. The first-order valence-corrected chi connectivity index (χ1v) is 7.07. The average Bonchev–Trinajstić information content (AvgIpc) is 2.76. The summed E-state index contributed by atoms with van der Waals surface area (Å²) in [6.45, 7) is 5.25. The van der Waals surface area contributed by atoms with Crippen LogP contribution in [0.15, 0.2) is 0 Å². The highest BCUT2D eigenvalue weighted by Crippen LogP contribution is 2.10. The van der Waals surface area contributed by atoms with E-state index in [4.69, 9.17) is 9.47 Å². The molecule has 1 aliphatic rings. The summed E-state index contributed by atoms with van der Waals surface area (Å²) in [6, 6.07) is 0. The number of amides is 2. The molecule has 0 aliphatic carbocycles. The molecule has 0 saturated carbocycles. The molecule has 1 fully saturated rings. The molecule has 1 aliphatic heterocycles. The number of nitrogens with zero attached hydrogens (tertiary/aromatic N) is 1. The maximum atomic E-state index is 11.5. The standard InChI is InChI=1S/C14H23NO5/c1-3-11(2)12(16)10-20-9-8-19-7-6-15-13(17)4-5-14(15)18/h11H,3-10H2,1-2H3. The van der Waals surface area contributed by atoms with Crippen molar-refractivity contribution < 1.29 is 23.9 Å². The Morgan fingerprint density at radius 3 is 2.35 bits per heavy atom. The third-order valence-corrected chi connectivity index (χ3v) is 3.39. The third-order valence-electron chi connectivity index (χ3n) is 3.39. The van der Waals surface area contributed by atoms with Crippen LogP contribution in [-0.2, 0) is 23.9 Å². The van der Waals surface area contributed by atoms with Crippen molar-refractivity contribution in [1.82, 2.24) is 4.90 Å². The molecule has 2 amide bonds. The fourth-order valence-corrected chi connectivity index (χ4v) is 1.79. The van der Waals surface area contributed by atoms with Crippen LogP contribution in [0.1, 0.15) is 33.1 Å². The highest BCUT2D eigenvalue weighted by Gasteiger charge is 2.28. The van der Waals surface area contributed by atoms with Crippen molar-refractivity contribution in [2.24, 2.45) is 5.92 Å². The molecule has 0 radical (unpaired) electrons. The average molecular weight is 285 g/mol. The van der Waals surface area contributed by atoms with Crippen LogP contribution in [0.4, 0.5) is 0 Å². The van der Waals surface area contributed by atoms with Crippen LogP contribution >= 0.6 is 0 Å². The van der Waals surface area contributed by atoms with Crippen LogP contribution in [0, 0.1) is 5.92 Å². The number of Topliss-reactive ketones (excluding diaryl/α,β-unsaturated/α-hetero) is 1. The van der Waals surface area contributed by atoms with E-state index in [-0.39, 0.29) is 30.1 Å². The van der Waals surface area contributed by atoms with Gasteiger partial charge >= 0.3 is 0 Å². The molecule has 114 valence electrons. The first-order chi connectivity index (χ1) is 9.56. The van der Waals surface area contributed by atoms with Crippen molar-refractivity contribution in [1.29, 1.82) is 0 Å². The fraction of sp³-hybridized carbons (Fsp3) is 0.786. The Labute approximate surface area is 119 Å². The third kappa shape index (κ3) is 5.38.